The number of rotatable bonds is 4. The molecule has 1 heterocycles. The van der Waals surface area contributed by atoms with Crippen LogP contribution in [0.3, 0.4) is 0 Å². The van der Waals surface area contributed by atoms with Crippen LogP contribution in [-0.2, 0) is 13.0 Å². The van der Waals surface area contributed by atoms with E-state index in [1.54, 1.807) is 12.4 Å². The Kier molecular flexibility index (Phi) is 3.94. The maximum atomic E-state index is 5.71. The van der Waals surface area contributed by atoms with E-state index in [4.69, 9.17) is 11.6 Å². The van der Waals surface area contributed by atoms with E-state index < -0.39 is 0 Å². The van der Waals surface area contributed by atoms with Gasteiger partial charge in [-0.3, -0.25) is 0 Å². The number of anilines is 1. The molecule has 0 unspecified atom stereocenters. The Hall–Kier alpha value is -1.61. The molecule has 4 heteroatoms. The molecule has 0 spiro atoms. The van der Waals surface area contributed by atoms with E-state index in [0.29, 0.717) is 17.5 Å². The van der Waals surface area contributed by atoms with E-state index in [2.05, 4.69) is 46.5 Å². The van der Waals surface area contributed by atoms with Crippen molar-refractivity contribution in [3.63, 3.8) is 0 Å². The Bertz CT molecular complexity index is 465. The van der Waals surface area contributed by atoms with Gasteiger partial charge in [-0.25, -0.2) is 9.97 Å². The third kappa shape index (κ3) is 3.43. The monoisotopic (exact) mass is 247 g/mol. The largest absolute Gasteiger partial charge is 0.350 e. The summed E-state index contributed by atoms with van der Waals surface area (Å²) in [6.45, 7) is 2.86. The number of nitrogens with zero attached hydrogens (tertiary/aromatic N) is 2. The summed E-state index contributed by atoms with van der Waals surface area (Å²) in [5.74, 6) is 0.592. The molecule has 88 valence electrons. The Labute approximate surface area is 106 Å². The Morgan fingerprint density at radius 3 is 2.24 bits per heavy atom. The van der Waals surface area contributed by atoms with Gasteiger partial charge < -0.3 is 5.32 Å². The number of nitrogens with one attached hydrogen (secondary N) is 1. The van der Waals surface area contributed by atoms with Gasteiger partial charge in [-0.2, -0.15) is 0 Å². The van der Waals surface area contributed by atoms with Crippen LogP contribution < -0.4 is 5.32 Å². The third-order valence-corrected chi connectivity index (χ3v) is 2.70. The standard InChI is InChI=1S/C13H14ClN3/c1-2-10-3-5-11(6-4-10)7-15-13-16-8-12(14)9-17-13/h3-6,8-9H,2,7H2,1H3,(H,15,16,17). The molecule has 2 aromatic rings. The Morgan fingerprint density at radius 2 is 1.65 bits per heavy atom. The zero-order valence-electron chi connectivity index (χ0n) is 9.65. The van der Waals surface area contributed by atoms with Gasteiger partial charge in [0.1, 0.15) is 0 Å². The molecule has 0 radical (unpaired) electrons. The number of benzene rings is 1. The molecule has 1 aromatic heterocycles. The minimum atomic E-state index is 0.544. The van der Waals surface area contributed by atoms with Crippen molar-refractivity contribution in [1.29, 1.82) is 0 Å². The molecule has 1 N–H and O–H groups in total. The highest BCUT2D eigenvalue weighted by atomic mass is 35.5. The molecule has 17 heavy (non-hydrogen) atoms. The summed E-state index contributed by atoms with van der Waals surface area (Å²) < 4.78 is 0. The van der Waals surface area contributed by atoms with E-state index in [9.17, 15) is 0 Å². The maximum absolute atomic E-state index is 5.71. The lowest BCUT2D eigenvalue weighted by Gasteiger charge is -2.05. The van der Waals surface area contributed by atoms with Crippen LogP contribution in [0, 0.1) is 0 Å². The van der Waals surface area contributed by atoms with Crippen LogP contribution in [0.1, 0.15) is 18.1 Å². The average molecular weight is 248 g/mol. The lowest BCUT2D eigenvalue weighted by atomic mass is 10.1. The highest BCUT2D eigenvalue weighted by Gasteiger charge is 1.97. The van der Waals surface area contributed by atoms with Crippen molar-refractivity contribution < 1.29 is 0 Å². The second-order valence-electron chi connectivity index (χ2n) is 3.75. The summed E-state index contributed by atoms with van der Waals surface area (Å²) >= 11 is 5.71. The van der Waals surface area contributed by atoms with Gasteiger partial charge in [0, 0.05) is 6.54 Å². The molecule has 1 aromatic carbocycles. The van der Waals surface area contributed by atoms with Crippen LogP contribution in [0.25, 0.3) is 0 Å². The molecular weight excluding hydrogens is 234 g/mol. The van der Waals surface area contributed by atoms with E-state index in [0.717, 1.165) is 6.42 Å². The molecule has 0 atom stereocenters. The Morgan fingerprint density at radius 1 is 1.06 bits per heavy atom. The van der Waals surface area contributed by atoms with Crippen LogP contribution in [-0.4, -0.2) is 9.97 Å². The molecule has 3 nitrogen and oxygen atoms in total. The summed E-state index contributed by atoms with van der Waals surface area (Å²) in [6.07, 6.45) is 4.22. The fraction of sp³-hybridized carbons (Fsp3) is 0.231. The highest BCUT2D eigenvalue weighted by Crippen LogP contribution is 2.08. The molecule has 0 saturated carbocycles. The molecule has 0 fully saturated rings. The van der Waals surface area contributed by atoms with Gasteiger partial charge in [0.15, 0.2) is 0 Å². The van der Waals surface area contributed by atoms with E-state index >= 15 is 0 Å². The van der Waals surface area contributed by atoms with Gasteiger partial charge in [-0.15, -0.1) is 0 Å². The second kappa shape index (κ2) is 5.64. The lowest BCUT2D eigenvalue weighted by molar-refractivity contribution is 1.05. The van der Waals surface area contributed by atoms with Crippen LogP contribution in [0.4, 0.5) is 5.95 Å². The zero-order valence-corrected chi connectivity index (χ0v) is 10.4. The second-order valence-corrected chi connectivity index (χ2v) is 4.18. The molecule has 0 bridgehead atoms. The van der Waals surface area contributed by atoms with Gasteiger partial charge in [0.25, 0.3) is 0 Å². The SMILES string of the molecule is CCc1ccc(CNc2ncc(Cl)cn2)cc1. The van der Waals surface area contributed by atoms with Crippen molar-refractivity contribution in [3.8, 4) is 0 Å². The van der Waals surface area contributed by atoms with Crippen molar-refractivity contribution in [3.05, 3.63) is 52.8 Å². The van der Waals surface area contributed by atoms with Crippen molar-refractivity contribution in [2.24, 2.45) is 0 Å². The molecule has 0 aliphatic carbocycles. The van der Waals surface area contributed by atoms with Crippen molar-refractivity contribution in [2.75, 3.05) is 5.32 Å². The highest BCUT2D eigenvalue weighted by molar-refractivity contribution is 6.30. The molecule has 0 aliphatic rings. The van der Waals surface area contributed by atoms with Crippen molar-refractivity contribution in [1.82, 2.24) is 9.97 Å². The van der Waals surface area contributed by atoms with E-state index in [1.165, 1.54) is 11.1 Å². The van der Waals surface area contributed by atoms with Gasteiger partial charge in [0.2, 0.25) is 5.95 Å². The van der Waals surface area contributed by atoms with Gasteiger partial charge in [-0.05, 0) is 17.5 Å². The van der Waals surface area contributed by atoms with Crippen LogP contribution in [0.2, 0.25) is 5.02 Å². The van der Waals surface area contributed by atoms with Gasteiger partial charge in [0.05, 0.1) is 17.4 Å². The molecular formula is C13H14ClN3. The zero-order chi connectivity index (χ0) is 12.1. The normalized spacial score (nSPS) is 10.2. The van der Waals surface area contributed by atoms with Crippen molar-refractivity contribution >= 4 is 17.5 Å². The number of halogens is 1. The predicted octanol–water partition coefficient (Wildman–Crippen LogP) is 3.30. The van der Waals surface area contributed by atoms with Crippen LogP contribution in [0.5, 0.6) is 0 Å². The third-order valence-electron chi connectivity index (χ3n) is 2.50. The first kappa shape index (κ1) is 11.9. The van der Waals surface area contributed by atoms with Crippen molar-refractivity contribution in [2.45, 2.75) is 19.9 Å². The van der Waals surface area contributed by atoms with Gasteiger partial charge in [-0.1, -0.05) is 42.8 Å². The first-order valence-electron chi connectivity index (χ1n) is 5.57. The van der Waals surface area contributed by atoms with E-state index in [-0.39, 0.29) is 0 Å². The number of hydrogen-bond donors (Lipinski definition) is 1. The summed E-state index contributed by atoms with van der Waals surface area (Å²) in [5, 5.41) is 3.69. The maximum Gasteiger partial charge on any atom is 0.222 e. The lowest BCUT2D eigenvalue weighted by Crippen LogP contribution is -2.03. The summed E-state index contributed by atoms with van der Waals surface area (Å²) in [6, 6.07) is 8.50. The smallest absolute Gasteiger partial charge is 0.222 e. The number of aryl methyl sites for hydroxylation is 1. The first-order valence-corrected chi connectivity index (χ1v) is 5.95. The Balaban J connectivity index is 1.95. The van der Waals surface area contributed by atoms with Crippen LogP contribution in [0.15, 0.2) is 36.7 Å². The minimum absolute atomic E-state index is 0.544. The average Bonchev–Trinajstić information content (AvgIpc) is 2.39. The minimum Gasteiger partial charge on any atom is -0.350 e. The topological polar surface area (TPSA) is 37.8 Å². The van der Waals surface area contributed by atoms with E-state index in [1.807, 2.05) is 0 Å². The first-order chi connectivity index (χ1) is 8.28. The number of aromatic nitrogens is 2. The summed E-state index contributed by atoms with van der Waals surface area (Å²) in [7, 11) is 0. The summed E-state index contributed by atoms with van der Waals surface area (Å²) in [5.41, 5.74) is 2.55. The number of hydrogen-bond acceptors (Lipinski definition) is 3. The fourth-order valence-electron chi connectivity index (χ4n) is 1.48. The quantitative estimate of drug-likeness (QED) is 0.901. The predicted molar refractivity (Wildman–Crippen MR) is 70.2 cm³/mol. The van der Waals surface area contributed by atoms with Crippen LogP contribution >= 0.6 is 11.6 Å². The molecule has 2 rings (SSSR count). The summed E-state index contributed by atoms with van der Waals surface area (Å²) in [4.78, 5) is 8.15. The molecule has 0 amide bonds. The molecule has 0 saturated heterocycles. The fourth-order valence-corrected chi connectivity index (χ4v) is 1.58. The molecule has 0 aliphatic heterocycles. The van der Waals surface area contributed by atoms with Gasteiger partial charge >= 0.3 is 0 Å².